The Morgan fingerprint density at radius 3 is 2.63 bits per heavy atom. The van der Waals surface area contributed by atoms with Gasteiger partial charge in [-0.2, -0.15) is 4.31 Å². The maximum absolute atomic E-state index is 12.8. The van der Waals surface area contributed by atoms with Crippen LogP contribution in [0.25, 0.3) is 0 Å². The topological polar surface area (TPSA) is 92.3 Å². The van der Waals surface area contributed by atoms with Crippen LogP contribution in [0.1, 0.15) is 30.4 Å². The Bertz CT molecular complexity index is 790. The molecule has 1 saturated heterocycles. The molecule has 0 radical (unpaired) electrons. The fraction of sp³-hybridized carbons (Fsp3) is 0.667. The monoisotopic (exact) mass is 438 g/mol. The van der Waals surface area contributed by atoms with Gasteiger partial charge in [0.15, 0.2) is 5.96 Å². The molecule has 168 valence electrons. The van der Waals surface area contributed by atoms with Crippen LogP contribution in [0.5, 0.6) is 0 Å². The highest BCUT2D eigenvalue weighted by molar-refractivity contribution is 7.88. The van der Waals surface area contributed by atoms with Crippen molar-refractivity contribution in [3.05, 3.63) is 35.4 Å². The number of hydrogen-bond donors (Lipinski definition) is 2. The number of guanidine groups is 1. The summed E-state index contributed by atoms with van der Waals surface area (Å²) in [4.78, 5) is 4.25. The second-order valence-corrected chi connectivity index (χ2v) is 9.73. The number of nitrogens with one attached hydrogen (secondary N) is 2. The van der Waals surface area contributed by atoms with Gasteiger partial charge < -0.3 is 20.1 Å². The molecule has 0 amide bonds. The molecule has 1 aliphatic carbocycles. The molecule has 1 saturated carbocycles. The van der Waals surface area contributed by atoms with Crippen molar-refractivity contribution in [1.29, 1.82) is 0 Å². The molecule has 1 aliphatic heterocycles. The van der Waals surface area contributed by atoms with Crippen LogP contribution in [-0.4, -0.2) is 71.8 Å². The first-order chi connectivity index (χ1) is 14.6. The minimum absolute atomic E-state index is 0.00475. The molecule has 2 N–H and O–H groups in total. The van der Waals surface area contributed by atoms with Gasteiger partial charge in [0.25, 0.3) is 0 Å². The third kappa shape index (κ3) is 7.54. The van der Waals surface area contributed by atoms with E-state index in [1.165, 1.54) is 17.1 Å². The smallest absolute Gasteiger partial charge is 0.218 e. The normalized spacial score (nSPS) is 18.4. The van der Waals surface area contributed by atoms with Crippen LogP contribution in [-0.2, 0) is 31.8 Å². The van der Waals surface area contributed by atoms with E-state index in [1.54, 1.807) is 7.05 Å². The SMILES string of the molecule is CN=C(NCCCOCC1CC1)NCc1ccccc1CS(=O)(=O)N1CCOCC1. The standard InChI is InChI=1S/C21H34N4O4S/c1-22-21(23-9-4-12-29-16-18-7-8-18)24-15-19-5-2-3-6-20(19)17-30(26,27)25-10-13-28-14-11-25/h2-3,5-6,18H,4,7-17H2,1H3,(H2,22,23,24). The zero-order valence-electron chi connectivity index (χ0n) is 17.8. The molecule has 0 atom stereocenters. The lowest BCUT2D eigenvalue weighted by molar-refractivity contribution is 0.0729. The third-order valence-corrected chi connectivity index (χ3v) is 7.13. The van der Waals surface area contributed by atoms with E-state index in [-0.39, 0.29) is 5.75 Å². The predicted octanol–water partition coefficient (Wildman–Crippen LogP) is 1.33. The number of morpholine rings is 1. The highest BCUT2D eigenvalue weighted by Crippen LogP contribution is 2.28. The van der Waals surface area contributed by atoms with Crippen molar-refractivity contribution in [2.24, 2.45) is 10.9 Å². The first-order valence-corrected chi connectivity index (χ1v) is 12.3. The van der Waals surface area contributed by atoms with Crippen molar-refractivity contribution in [1.82, 2.24) is 14.9 Å². The predicted molar refractivity (Wildman–Crippen MR) is 118 cm³/mol. The molecule has 2 aliphatic rings. The van der Waals surface area contributed by atoms with E-state index in [0.29, 0.717) is 38.8 Å². The highest BCUT2D eigenvalue weighted by Gasteiger charge is 2.25. The van der Waals surface area contributed by atoms with Crippen LogP contribution in [0.15, 0.2) is 29.3 Å². The Morgan fingerprint density at radius 1 is 1.20 bits per heavy atom. The summed E-state index contributed by atoms with van der Waals surface area (Å²) in [5.74, 6) is 1.48. The molecule has 9 heteroatoms. The molecular formula is C21H34N4O4S. The Morgan fingerprint density at radius 2 is 1.93 bits per heavy atom. The first-order valence-electron chi connectivity index (χ1n) is 10.7. The summed E-state index contributed by atoms with van der Waals surface area (Å²) < 4.78 is 38.0. The Kier molecular flexibility index (Phi) is 8.92. The summed E-state index contributed by atoms with van der Waals surface area (Å²) in [7, 11) is -1.63. The van der Waals surface area contributed by atoms with E-state index in [1.807, 2.05) is 24.3 Å². The largest absolute Gasteiger partial charge is 0.381 e. The quantitative estimate of drug-likeness (QED) is 0.308. The van der Waals surface area contributed by atoms with Gasteiger partial charge in [0.05, 0.1) is 19.0 Å². The van der Waals surface area contributed by atoms with Gasteiger partial charge in [-0.1, -0.05) is 24.3 Å². The number of aliphatic imine (C=N–C) groups is 1. The van der Waals surface area contributed by atoms with Crippen LogP contribution in [0.2, 0.25) is 0 Å². The molecule has 8 nitrogen and oxygen atoms in total. The zero-order chi connectivity index (χ0) is 21.2. The molecule has 0 unspecified atom stereocenters. The van der Waals surface area contributed by atoms with Crippen LogP contribution >= 0.6 is 0 Å². The van der Waals surface area contributed by atoms with E-state index >= 15 is 0 Å². The van der Waals surface area contributed by atoms with Gasteiger partial charge in [-0.25, -0.2) is 8.42 Å². The van der Waals surface area contributed by atoms with E-state index < -0.39 is 10.0 Å². The summed E-state index contributed by atoms with van der Waals surface area (Å²) in [6.07, 6.45) is 3.54. The number of nitrogens with zero attached hydrogens (tertiary/aromatic N) is 2. The number of rotatable bonds is 11. The first kappa shape index (κ1) is 23.0. The Hall–Kier alpha value is -1.68. The average molecular weight is 439 g/mol. The minimum atomic E-state index is -3.36. The number of hydrogen-bond acceptors (Lipinski definition) is 5. The van der Waals surface area contributed by atoms with E-state index in [4.69, 9.17) is 9.47 Å². The van der Waals surface area contributed by atoms with Crippen molar-refractivity contribution in [3.63, 3.8) is 0 Å². The lowest BCUT2D eigenvalue weighted by Gasteiger charge is -2.26. The van der Waals surface area contributed by atoms with Gasteiger partial charge >= 0.3 is 0 Å². The fourth-order valence-corrected chi connectivity index (χ4v) is 4.86. The van der Waals surface area contributed by atoms with Crippen molar-refractivity contribution in [2.45, 2.75) is 31.6 Å². The second-order valence-electron chi connectivity index (χ2n) is 7.76. The van der Waals surface area contributed by atoms with Gasteiger partial charge in [-0.3, -0.25) is 4.99 Å². The molecule has 30 heavy (non-hydrogen) atoms. The lowest BCUT2D eigenvalue weighted by atomic mass is 10.1. The second kappa shape index (κ2) is 11.6. The Balaban J connectivity index is 1.46. The summed E-state index contributed by atoms with van der Waals surface area (Å²) in [5.41, 5.74) is 1.76. The van der Waals surface area contributed by atoms with Crippen molar-refractivity contribution >= 4 is 16.0 Å². The number of ether oxygens (including phenoxy) is 2. The molecule has 0 spiro atoms. The maximum atomic E-state index is 12.8. The summed E-state index contributed by atoms with van der Waals surface area (Å²) >= 11 is 0. The Labute approximate surface area is 180 Å². The van der Waals surface area contributed by atoms with Crippen molar-refractivity contribution in [2.75, 3.05) is 53.1 Å². The third-order valence-electron chi connectivity index (χ3n) is 5.30. The minimum Gasteiger partial charge on any atom is -0.381 e. The molecule has 3 rings (SSSR count). The molecule has 0 bridgehead atoms. The average Bonchev–Trinajstić information content (AvgIpc) is 3.58. The van der Waals surface area contributed by atoms with Gasteiger partial charge in [0, 0.05) is 46.4 Å². The molecule has 1 aromatic rings. The fourth-order valence-electron chi connectivity index (χ4n) is 3.30. The van der Waals surface area contributed by atoms with Crippen LogP contribution < -0.4 is 10.6 Å². The number of sulfonamides is 1. The lowest BCUT2D eigenvalue weighted by Crippen LogP contribution is -2.41. The van der Waals surface area contributed by atoms with Crippen molar-refractivity contribution in [3.8, 4) is 0 Å². The van der Waals surface area contributed by atoms with Crippen molar-refractivity contribution < 1.29 is 17.9 Å². The molecule has 1 aromatic carbocycles. The van der Waals surface area contributed by atoms with E-state index in [2.05, 4.69) is 15.6 Å². The zero-order valence-corrected chi connectivity index (χ0v) is 18.6. The molecular weight excluding hydrogens is 404 g/mol. The summed E-state index contributed by atoms with van der Waals surface area (Å²) in [5, 5.41) is 6.56. The summed E-state index contributed by atoms with van der Waals surface area (Å²) in [6.45, 7) is 4.67. The molecule has 2 fully saturated rings. The van der Waals surface area contributed by atoms with Crippen LogP contribution in [0.3, 0.4) is 0 Å². The van der Waals surface area contributed by atoms with Crippen LogP contribution in [0, 0.1) is 5.92 Å². The molecule has 1 heterocycles. The van der Waals surface area contributed by atoms with Gasteiger partial charge in [0.2, 0.25) is 10.0 Å². The maximum Gasteiger partial charge on any atom is 0.218 e. The highest BCUT2D eigenvalue weighted by atomic mass is 32.2. The molecule has 0 aromatic heterocycles. The summed E-state index contributed by atoms with van der Waals surface area (Å²) in [6, 6.07) is 7.64. The van der Waals surface area contributed by atoms with Gasteiger partial charge in [-0.05, 0) is 36.3 Å². The number of benzene rings is 1. The van der Waals surface area contributed by atoms with Gasteiger partial charge in [0.1, 0.15) is 0 Å². The van der Waals surface area contributed by atoms with Gasteiger partial charge in [-0.15, -0.1) is 0 Å². The van der Waals surface area contributed by atoms with Crippen LogP contribution in [0.4, 0.5) is 0 Å². The van der Waals surface area contributed by atoms with E-state index in [0.717, 1.165) is 43.2 Å². The van der Waals surface area contributed by atoms with E-state index in [9.17, 15) is 8.42 Å².